The summed E-state index contributed by atoms with van der Waals surface area (Å²) in [6.07, 6.45) is 3.71. The van der Waals surface area contributed by atoms with Gasteiger partial charge >= 0.3 is 0 Å². The van der Waals surface area contributed by atoms with Gasteiger partial charge in [-0.05, 0) is 49.1 Å². The molecule has 0 aliphatic carbocycles. The third-order valence-corrected chi connectivity index (χ3v) is 8.64. The lowest BCUT2D eigenvalue weighted by molar-refractivity contribution is -0.0554. The molecule has 2 fully saturated rings. The van der Waals surface area contributed by atoms with Crippen molar-refractivity contribution in [1.29, 1.82) is 0 Å². The SMILES string of the molecule is CCCC#Cc1ccc([C@H]2[C@H]3CN(S(=O)(=O)Cc4ccccc4)CCCCN3[C@H]2CO)cc1. The minimum Gasteiger partial charge on any atom is -0.395 e. The Morgan fingerprint density at radius 3 is 2.45 bits per heavy atom. The van der Waals surface area contributed by atoms with Crippen LogP contribution in [0.2, 0.25) is 0 Å². The van der Waals surface area contributed by atoms with Gasteiger partial charge in [-0.2, -0.15) is 0 Å². The molecule has 33 heavy (non-hydrogen) atoms. The van der Waals surface area contributed by atoms with Gasteiger partial charge in [0, 0.05) is 43.1 Å². The van der Waals surface area contributed by atoms with E-state index in [0.29, 0.717) is 13.1 Å². The van der Waals surface area contributed by atoms with E-state index >= 15 is 0 Å². The lowest BCUT2D eigenvalue weighted by atomic mass is 9.74. The van der Waals surface area contributed by atoms with Crippen molar-refractivity contribution in [3.05, 3.63) is 71.3 Å². The average molecular weight is 467 g/mol. The number of aliphatic hydroxyl groups is 1. The zero-order valence-corrected chi connectivity index (χ0v) is 20.2. The highest BCUT2D eigenvalue weighted by Gasteiger charge is 2.50. The largest absolute Gasteiger partial charge is 0.395 e. The molecule has 0 unspecified atom stereocenters. The fourth-order valence-corrected chi connectivity index (χ4v) is 6.70. The molecule has 2 heterocycles. The monoisotopic (exact) mass is 466 g/mol. The molecule has 0 aromatic heterocycles. The summed E-state index contributed by atoms with van der Waals surface area (Å²) >= 11 is 0. The van der Waals surface area contributed by atoms with Crippen molar-refractivity contribution in [1.82, 2.24) is 9.21 Å². The molecular weight excluding hydrogens is 432 g/mol. The topological polar surface area (TPSA) is 60.9 Å². The van der Waals surface area contributed by atoms with Gasteiger partial charge in [0.1, 0.15) is 0 Å². The van der Waals surface area contributed by atoms with Crippen molar-refractivity contribution in [2.24, 2.45) is 0 Å². The standard InChI is InChI=1S/C27H34N2O3S/c1-2-3-5-10-22-13-15-24(16-14-22)27-25-19-28(17-8-9-18-29(25)26(27)20-30)33(31,32)21-23-11-6-4-7-12-23/h4,6-7,11-16,25-27,30H,2-3,8-9,17-21H2,1H3/t25-,26+,27+/m1/s1. The molecule has 2 aromatic rings. The fraction of sp³-hybridized carbons (Fsp3) is 0.481. The van der Waals surface area contributed by atoms with Crippen LogP contribution in [0.15, 0.2) is 54.6 Å². The van der Waals surface area contributed by atoms with Crippen LogP contribution in [0.25, 0.3) is 0 Å². The maximum absolute atomic E-state index is 13.3. The second-order valence-corrected chi connectivity index (χ2v) is 11.0. The summed E-state index contributed by atoms with van der Waals surface area (Å²) in [5.74, 6) is 6.52. The van der Waals surface area contributed by atoms with E-state index in [2.05, 4.69) is 35.8 Å². The smallest absolute Gasteiger partial charge is 0.218 e. The number of nitrogens with zero attached hydrogens (tertiary/aromatic N) is 2. The number of aliphatic hydroxyl groups excluding tert-OH is 1. The first-order valence-corrected chi connectivity index (χ1v) is 13.6. The van der Waals surface area contributed by atoms with Crippen LogP contribution < -0.4 is 0 Å². The Balaban J connectivity index is 1.54. The molecule has 2 saturated heterocycles. The number of rotatable bonds is 6. The van der Waals surface area contributed by atoms with Crippen LogP contribution in [0.5, 0.6) is 0 Å². The number of benzene rings is 2. The molecule has 2 aliphatic rings. The maximum Gasteiger partial charge on any atom is 0.218 e. The van der Waals surface area contributed by atoms with Gasteiger partial charge in [0.25, 0.3) is 0 Å². The summed E-state index contributed by atoms with van der Waals surface area (Å²) in [5.41, 5.74) is 2.96. The summed E-state index contributed by atoms with van der Waals surface area (Å²) in [4.78, 5) is 2.31. The minimum atomic E-state index is -3.42. The Morgan fingerprint density at radius 2 is 1.76 bits per heavy atom. The highest BCUT2D eigenvalue weighted by molar-refractivity contribution is 7.88. The molecule has 176 valence electrons. The quantitative estimate of drug-likeness (QED) is 0.661. The molecule has 0 spiro atoms. The second kappa shape index (κ2) is 10.8. The zero-order valence-electron chi connectivity index (χ0n) is 19.4. The van der Waals surface area contributed by atoms with Crippen molar-refractivity contribution in [2.75, 3.05) is 26.2 Å². The van der Waals surface area contributed by atoms with Crippen molar-refractivity contribution in [2.45, 2.75) is 56.4 Å². The number of fused-ring (bicyclic) bond motifs is 1. The molecule has 5 nitrogen and oxygen atoms in total. The van der Waals surface area contributed by atoms with Crippen LogP contribution in [0.4, 0.5) is 0 Å². The van der Waals surface area contributed by atoms with Gasteiger partial charge in [0.15, 0.2) is 0 Å². The minimum absolute atomic E-state index is 0.0276. The summed E-state index contributed by atoms with van der Waals surface area (Å²) in [5, 5.41) is 10.1. The lowest BCUT2D eigenvalue weighted by Gasteiger charge is -2.57. The van der Waals surface area contributed by atoms with Gasteiger partial charge in [-0.1, -0.05) is 61.2 Å². The van der Waals surface area contributed by atoms with Crippen LogP contribution in [-0.2, 0) is 15.8 Å². The van der Waals surface area contributed by atoms with E-state index in [0.717, 1.165) is 48.9 Å². The summed E-state index contributed by atoms with van der Waals surface area (Å²) in [6, 6.07) is 17.8. The Bertz CT molecular complexity index is 1070. The average Bonchev–Trinajstić information content (AvgIpc) is 2.79. The van der Waals surface area contributed by atoms with E-state index in [1.54, 1.807) is 4.31 Å². The third kappa shape index (κ3) is 5.50. The Kier molecular flexibility index (Phi) is 7.87. The van der Waals surface area contributed by atoms with E-state index in [9.17, 15) is 13.5 Å². The highest BCUT2D eigenvalue weighted by Crippen LogP contribution is 2.42. The molecule has 0 bridgehead atoms. The normalized spacial score (nSPS) is 24.0. The van der Waals surface area contributed by atoms with E-state index in [1.807, 2.05) is 42.5 Å². The van der Waals surface area contributed by atoms with E-state index in [-0.39, 0.29) is 30.4 Å². The molecule has 6 heteroatoms. The first-order valence-electron chi connectivity index (χ1n) is 12.0. The molecule has 4 rings (SSSR count). The summed E-state index contributed by atoms with van der Waals surface area (Å²) in [7, 11) is -3.42. The maximum atomic E-state index is 13.3. The summed E-state index contributed by atoms with van der Waals surface area (Å²) in [6.45, 7) is 4.12. The van der Waals surface area contributed by atoms with Crippen molar-refractivity contribution >= 4 is 10.0 Å². The first kappa shape index (κ1) is 24.0. The van der Waals surface area contributed by atoms with E-state index < -0.39 is 10.0 Å². The fourth-order valence-electron chi connectivity index (χ4n) is 5.12. The molecular formula is C27H34N2O3S. The molecule has 0 amide bonds. The van der Waals surface area contributed by atoms with Gasteiger partial charge in [0.05, 0.1) is 12.4 Å². The van der Waals surface area contributed by atoms with Gasteiger partial charge in [0.2, 0.25) is 10.0 Å². The van der Waals surface area contributed by atoms with Gasteiger partial charge in [-0.25, -0.2) is 12.7 Å². The summed E-state index contributed by atoms with van der Waals surface area (Å²) < 4.78 is 28.3. The predicted molar refractivity (Wildman–Crippen MR) is 132 cm³/mol. The second-order valence-electron chi connectivity index (χ2n) is 9.06. The number of hydrogen-bond donors (Lipinski definition) is 1. The van der Waals surface area contributed by atoms with Gasteiger partial charge in [-0.15, -0.1) is 0 Å². The van der Waals surface area contributed by atoms with Crippen molar-refractivity contribution in [3.8, 4) is 11.8 Å². The van der Waals surface area contributed by atoms with Gasteiger partial charge in [-0.3, -0.25) is 4.90 Å². The number of unbranched alkanes of at least 4 members (excludes halogenated alkanes) is 1. The highest BCUT2D eigenvalue weighted by atomic mass is 32.2. The number of sulfonamides is 1. The van der Waals surface area contributed by atoms with E-state index in [4.69, 9.17) is 0 Å². The van der Waals surface area contributed by atoms with Crippen LogP contribution in [0, 0.1) is 11.8 Å². The van der Waals surface area contributed by atoms with Crippen LogP contribution >= 0.6 is 0 Å². The zero-order chi connectivity index (χ0) is 23.3. The molecule has 0 saturated carbocycles. The first-order chi connectivity index (χ1) is 16.0. The predicted octanol–water partition coefficient (Wildman–Crippen LogP) is 3.59. The lowest BCUT2D eigenvalue weighted by Crippen LogP contribution is -2.67. The van der Waals surface area contributed by atoms with Crippen molar-refractivity contribution < 1.29 is 13.5 Å². The Hall–Kier alpha value is -2.17. The van der Waals surface area contributed by atoms with E-state index in [1.165, 1.54) is 0 Å². The molecule has 3 atom stereocenters. The van der Waals surface area contributed by atoms with Crippen LogP contribution in [0.1, 0.15) is 55.2 Å². The van der Waals surface area contributed by atoms with Gasteiger partial charge < -0.3 is 5.11 Å². The van der Waals surface area contributed by atoms with Crippen LogP contribution in [-0.4, -0.2) is 61.1 Å². The third-order valence-electron chi connectivity index (χ3n) is 6.82. The van der Waals surface area contributed by atoms with Crippen molar-refractivity contribution in [3.63, 3.8) is 0 Å². The molecule has 2 aliphatic heterocycles. The Morgan fingerprint density at radius 1 is 1.03 bits per heavy atom. The molecule has 1 N–H and O–H groups in total. The Labute approximate surface area is 198 Å². The molecule has 2 aromatic carbocycles. The number of hydrogen-bond acceptors (Lipinski definition) is 4. The van der Waals surface area contributed by atoms with Crippen LogP contribution in [0.3, 0.4) is 0 Å². The molecule has 0 radical (unpaired) electrons.